The Kier molecular flexibility index (Phi) is 9.58. The standard InChI is InChI=1S/C34H42O14/c1-16(35)45-26-27(46-17(2)36)29(47-18(3)37)31(48-28(26)30(41)43-6)44-15-24(40)34(42)12-10-22-21-8-7-19-13-20(38)9-11-32(19,4)25(21)23(39)14-33(22,34)5/h9,11,13,21-22,25-29,31,42H,7-8,10,12,14-15H2,1-6H3. The number of hydrogen-bond donors (Lipinski definition) is 1. The van der Waals surface area contributed by atoms with Crippen molar-refractivity contribution in [2.45, 2.75) is 103 Å². The zero-order valence-corrected chi connectivity index (χ0v) is 27.8. The maximum atomic E-state index is 14.0. The average Bonchev–Trinajstić information content (AvgIpc) is 3.27. The molecule has 0 spiro atoms. The molecule has 1 aliphatic heterocycles. The molecule has 4 fully saturated rings. The molecular formula is C34H42O14. The number of fused-ring (bicyclic) bond motifs is 5. The first-order valence-corrected chi connectivity index (χ1v) is 16.1. The van der Waals surface area contributed by atoms with Crippen LogP contribution < -0.4 is 0 Å². The van der Waals surface area contributed by atoms with Gasteiger partial charge in [0.25, 0.3) is 0 Å². The van der Waals surface area contributed by atoms with Crippen LogP contribution in [0.1, 0.15) is 66.7 Å². The third-order valence-corrected chi connectivity index (χ3v) is 11.1. The summed E-state index contributed by atoms with van der Waals surface area (Å²) in [7, 11) is 1.05. The number of esters is 4. The van der Waals surface area contributed by atoms with Crippen LogP contribution in [0.3, 0.4) is 0 Å². The van der Waals surface area contributed by atoms with Crippen molar-refractivity contribution in [1.29, 1.82) is 0 Å². The molecule has 14 nitrogen and oxygen atoms in total. The fraction of sp³-hybridized carbons (Fsp3) is 0.676. The van der Waals surface area contributed by atoms with E-state index in [0.29, 0.717) is 19.3 Å². The number of allylic oxidation sites excluding steroid dienone is 4. The van der Waals surface area contributed by atoms with Gasteiger partial charge < -0.3 is 33.5 Å². The molecule has 262 valence electrons. The van der Waals surface area contributed by atoms with Gasteiger partial charge in [0.05, 0.1) is 7.11 Å². The van der Waals surface area contributed by atoms with E-state index in [1.54, 1.807) is 13.0 Å². The van der Waals surface area contributed by atoms with Crippen molar-refractivity contribution in [3.63, 3.8) is 0 Å². The number of carbonyl (C=O) groups is 7. The first-order valence-electron chi connectivity index (χ1n) is 16.1. The lowest BCUT2D eigenvalue weighted by Crippen LogP contribution is -2.64. The van der Waals surface area contributed by atoms with Crippen LogP contribution in [0, 0.1) is 28.6 Å². The van der Waals surface area contributed by atoms with Crippen molar-refractivity contribution >= 4 is 41.2 Å². The Morgan fingerprint density at radius 3 is 2.19 bits per heavy atom. The number of rotatable bonds is 8. The maximum Gasteiger partial charge on any atom is 0.339 e. The highest BCUT2D eigenvalue weighted by Crippen LogP contribution is 2.66. The first-order chi connectivity index (χ1) is 22.5. The van der Waals surface area contributed by atoms with E-state index in [1.807, 2.05) is 13.0 Å². The summed E-state index contributed by atoms with van der Waals surface area (Å²) in [6.07, 6.45) is -1.57. The second-order valence-electron chi connectivity index (χ2n) is 13.8. The fourth-order valence-electron chi connectivity index (χ4n) is 8.98. The van der Waals surface area contributed by atoms with Gasteiger partial charge in [-0.15, -0.1) is 0 Å². The fourth-order valence-corrected chi connectivity index (χ4v) is 8.98. The van der Waals surface area contributed by atoms with Gasteiger partial charge in [-0.1, -0.05) is 25.5 Å². The van der Waals surface area contributed by atoms with Crippen LogP contribution in [0.5, 0.6) is 0 Å². The van der Waals surface area contributed by atoms with Gasteiger partial charge in [-0.25, -0.2) is 4.79 Å². The minimum Gasteiger partial charge on any atom is -0.467 e. The van der Waals surface area contributed by atoms with E-state index in [2.05, 4.69) is 0 Å². The molecule has 0 radical (unpaired) electrons. The summed E-state index contributed by atoms with van der Waals surface area (Å²) < 4.78 is 32.3. The van der Waals surface area contributed by atoms with Crippen LogP contribution in [0.15, 0.2) is 23.8 Å². The van der Waals surface area contributed by atoms with Gasteiger partial charge in [0.15, 0.2) is 42.3 Å². The summed E-state index contributed by atoms with van der Waals surface area (Å²) >= 11 is 0. The predicted octanol–water partition coefficient (Wildman–Crippen LogP) is 1.48. The molecular weight excluding hydrogens is 632 g/mol. The SMILES string of the molecule is COC(=O)C1OC(OCC(=O)C2(O)CCC3C4CCC5=CC(=O)C=CC5(C)C4C(=O)CC32C)C(OC(C)=O)C(OC(C)=O)C1OC(C)=O. The first kappa shape index (κ1) is 35.6. The molecule has 1 heterocycles. The van der Waals surface area contributed by atoms with Gasteiger partial charge in [-0.3, -0.25) is 28.8 Å². The predicted molar refractivity (Wildman–Crippen MR) is 160 cm³/mol. The van der Waals surface area contributed by atoms with E-state index in [0.717, 1.165) is 33.5 Å². The minimum atomic E-state index is -1.98. The van der Waals surface area contributed by atoms with Crippen molar-refractivity contribution < 1.29 is 67.1 Å². The van der Waals surface area contributed by atoms with Gasteiger partial charge in [-0.2, -0.15) is 0 Å². The highest BCUT2D eigenvalue weighted by Gasteiger charge is 2.68. The Morgan fingerprint density at radius 1 is 0.938 bits per heavy atom. The molecule has 0 aromatic carbocycles. The number of hydrogen-bond acceptors (Lipinski definition) is 14. The van der Waals surface area contributed by atoms with Crippen molar-refractivity contribution in [1.82, 2.24) is 0 Å². The monoisotopic (exact) mass is 674 g/mol. The molecule has 5 rings (SSSR count). The van der Waals surface area contributed by atoms with E-state index in [1.165, 1.54) is 6.08 Å². The summed E-state index contributed by atoms with van der Waals surface area (Å²) in [6.45, 7) is 6.08. The van der Waals surface area contributed by atoms with E-state index in [4.69, 9.17) is 28.4 Å². The molecule has 11 unspecified atom stereocenters. The average molecular weight is 675 g/mol. The number of aliphatic hydroxyl groups is 1. The molecule has 0 aromatic rings. The maximum absolute atomic E-state index is 14.0. The second-order valence-corrected chi connectivity index (χ2v) is 13.8. The van der Waals surface area contributed by atoms with Crippen molar-refractivity contribution in [3.8, 4) is 0 Å². The Morgan fingerprint density at radius 2 is 1.56 bits per heavy atom. The summed E-state index contributed by atoms with van der Waals surface area (Å²) in [5.41, 5.74) is -2.80. The molecule has 1 saturated heterocycles. The lowest BCUT2D eigenvalue weighted by atomic mass is 9.46. The van der Waals surface area contributed by atoms with Gasteiger partial charge in [0.2, 0.25) is 0 Å². The summed E-state index contributed by atoms with van der Waals surface area (Å²) in [4.78, 5) is 88.9. The number of carbonyl (C=O) groups excluding carboxylic acids is 7. The Hall–Kier alpha value is -3.75. The summed E-state index contributed by atoms with van der Waals surface area (Å²) in [5.74, 6) is -5.29. The van der Waals surface area contributed by atoms with Crippen LogP contribution in [-0.4, -0.2) is 96.4 Å². The van der Waals surface area contributed by atoms with Gasteiger partial charge in [-0.05, 0) is 49.7 Å². The van der Waals surface area contributed by atoms with E-state index in [-0.39, 0.29) is 36.2 Å². The molecule has 0 amide bonds. The minimum absolute atomic E-state index is 0.0644. The molecule has 14 heteroatoms. The zero-order chi connectivity index (χ0) is 35.3. The topological polar surface area (TPSA) is 195 Å². The zero-order valence-electron chi connectivity index (χ0n) is 27.8. The number of methoxy groups -OCH3 is 1. The molecule has 11 atom stereocenters. The Balaban J connectivity index is 1.40. The summed E-state index contributed by atoms with van der Waals surface area (Å²) in [5, 5.41) is 12.1. The van der Waals surface area contributed by atoms with Crippen molar-refractivity contribution in [3.05, 3.63) is 23.8 Å². The lowest BCUT2D eigenvalue weighted by molar-refractivity contribution is -0.300. The van der Waals surface area contributed by atoms with Gasteiger partial charge in [0.1, 0.15) is 18.0 Å². The number of ether oxygens (including phenoxy) is 6. The van der Waals surface area contributed by atoms with E-state index in [9.17, 15) is 38.7 Å². The Labute approximate surface area is 277 Å². The molecule has 1 N–H and O–H groups in total. The molecule has 5 aliphatic rings. The van der Waals surface area contributed by atoms with E-state index < -0.39 is 89.3 Å². The normalized spacial score (nSPS) is 40.0. The van der Waals surface area contributed by atoms with Crippen LogP contribution in [0.25, 0.3) is 0 Å². The number of Topliss-reactive ketones (excluding diaryl/α,β-unsaturated/α-hetero) is 2. The highest BCUT2D eigenvalue weighted by atomic mass is 16.7. The van der Waals surface area contributed by atoms with Crippen molar-refractivity contribution in [2.75, 3.05) is 13.7 Å². The molecule has 4 aliphatic carbocycles. The van der Waals surface area contributed by atoms with Gasteiger partial charge in [0, 0.05) is 43.9 Å². The third-order valence-electron chi connectivity index (χ3n) is 11.1. The van der Waals surface area contributed by atoms with Crippen LogP contribution in [0.2, 0.25) is 0 Å². The van der Waals surface area contributed by atoms with Crippen molar-refractivity contribution in [2.24, 2.45) is 28.6 Å². The highest BCUT2D eigenvalue weighted by molar-refractivity contribution is 6.02. The van der Waals surface area contributed by atoms with Crippen LogP contribution in [0.4, 0.5) is 0 Å². The second kappa shape index (κ2) is 12.9. The molecule has 3 saturated carbocycles. The summed E-state index contributed by atoms with van der Waals surface area (Å²) in [6, 6.07) is 0. The van der Waals surface area contributed by atoms with Crippen LogP contribution >= 0.6 is 0 Å². The smallest absolute Gasteiger partial charge is 0.339 e. The molecule has 0 bridgehead atoms. The van der Waals surface area contributed by atoms with Gasteiger partial charge >= 0.3 is 23.9 Å². The number of ketones is 3. The Bertz CT molecular complexity index is 1480. The largest absolute Gasteiger partial charge is 0.467 e. The quantitative estimate of drug-likeness (QED) is 0.287. The lowest BCUT2D eigenvalue weighted by Gasteiger charge is -2.56. The third kappa shape index (κ3) is 5.91. The molecule has 48 heavy (non-hydrogen) atoms. The van der Waals surface area contributed by atoms with E-state index >= 15 is 0 Å². The van der Waals surface area contributed by atoms with Crippen LogP contribution in [-0.2, 0) is 62.0 Å². The molecule has 0 aromatic heterocycles.